The van der Waals surface area contributed by atoms with Crippen LogP contribution in [0.4, 0.5) is 4.79 Å². The van der Waals surface area contributed by atoms with Gasteiger partial charge in [0.1, 0.15) is 11.8 Å². The molecule has 1 aromatic carbocycles. The largest absolute Gasteiger partial charge is 0.497 e. The molecule has 2 aliphatic rings. The summed E-state index contributed by atoms with van der Waals surface area (Å²) in [7, 11) is 1.57. The van der Waals surface area contributed by atoms with E-state index in [1.807, 2.05) is 28.9 Å². The van der Waals surface area contributed by atoms with Crippen molar-refractivity contribution in [3.8, 4) is 5.75 Å². The molecule has 0 bridgehead atoms. The number of nitrogens with zero attached hydrogens (tertiary/aromatic N) is 3. The highest BCUT2D eigenvalue weighted by molar-refractivity contribution is 6.05. The quantitative estimate of drug-likeness (QED) is 0.876. The summed E-state index contributed by atoms with van der Waals surface area (Å²) in [6.07, 6.45) is 3.36. The third-order valence-electron chi connectivity index (χ3n) is 4.65. The van der Waals surface area contributed by atoms with Crippen LogP contribution in [0.1, 0.15) is 36.2 Å². The van der Waals surface area contributed by atoms with Gasteiger partial charge in [-0.25, -0.2) is 4.79 Å². The first-order chi connectivity index (χ1) is 11.7. The average Bonchev–Trinajstić information content (AvgIpc) is 3.19. The van der Waals surface area contributed by atoms with E-state index in [4.69, 9.17) is 4.74 Å². The summed E-state index contributed by atoms with van der Waals surface area (Å²) < 4.78 is 7.08. The van der Waals surface area contributed by atoms with E-state index in [1.54, 1.807) is 19.4 Å². The number of rotatable bonds is 3. The number of amides is 3. The lowest BCUT2D eigenvalue weighted by Gasteiger charge is -2.29. The second-order valence-electron chi connectivity index (χ2n) is 6.00. The molecule has 24 heavy (non-hydrogen) atoms. The number of carbonyl (C=O) groups excluding carboxylic acids is 2. The third kappa shape index (κ3) is 2.24. The van der Waals surface area contributed by atoms with Crippen molar-refractivity contribution in [3.05, 3.63) is 47.8 Å². The Hall–Kier alpha value is -2.83. The number of hydrogen-bond donors (Lipinski definition) is 1. The van der Waals surface area contributed by atoms with Crippen LogP contribution in [0.2, 0.25) is 0 Å². The average molecular weight is 326 g/mol. The van der Waals surface area contributed by atoms with Crippen LogP contribution in [0.3, 0.4) is 0 Å². The van der Waals surface area contributed by atoms with Gasteiger partial charge >= 0.3 is 6.03 Å². The Morgan fingerprint density at radius 1 is 1.29 bits per heavy atom. The van der Waals surface area contributed by atoms with Gasteiger partial charge in [-0.1, -0.05) is 12.1 Å². The highest BCUT2D eigenvalue weighted by atomic mass is 16.5. The Bertz CT molecular complexity index is 801. The molecule has 3 amide bonds. The molecule has 0 saturated carbocycles. The van der Waals surface area contributed by atoms with Gasteiger partial charge < -0.3 is 10.1 Å². The zero-order valence-electron chi connectivity index (χ0n) is 13.3. The first kappa shape index (κ1) is 14.7. The lowest BCUT2D eigenvalue weighted by atomic mass is 10.0. The molecule has 2 aromatic rings. The van der Waals surface area contributed by atoms with Crippen LogP contribution >= 0.6 is 0 Å². The summed E-state index contributed by atoms with van der Waals surface area (Å²) in [5.41, 5.74) is 1.63. The lowest BCUT2D eigenvalue weighted by Crippen LogP contribution is -2.38. The SMILES string of the molecule is COc1cccc([C@@H]2NC(=O)N(C3CCCn4nccc43)C2=O)c1. The molecule has 2 aliphatic heterocycles. The molecule has 7 heteroatoms. The standard InChI is InChI=1S/C17H18N4O3/c1-24-12-5-2-4-11(10-12)15-16(22)21(17(23)19-15)14-6-3-9-20-13(14)7-8-18-20/h2,4-5,7-8,10,14-15H,3,6,9H2,1H3,(H,19,23)/t14?,15-/m0/s1. The Balaban J connectivity index is 1.65. The first-order valence-corrected chi connectivity index (χ1v) is 7.98. The van der Waals surface area contributed by atoms with Crippen LogP contribution in [0.5, 0.6) is 5.75 Å². The summed E-state index contributed by atoms with van der Waals surface area (Å²) in [6.45, 7) is 0.821. The third-order valence-corrected chi connectivity index (χ3v) is 4.65. The predicted molar refractivity (Wildman–Crippen MR) is 85.3 cm³/mol. The van der Waals surface area contributed by atoms with Crippen LogP contribution in [-0.2, 0) is 11.3 Å². The van der Waals surface area contributed by atoms with Crippen LogP contribution in [0.25, 0.3) is 0 Å². The van der Waals surface area contributed by atoms with Crippen molar-refractivity contribution in [2.45, 2.75) is 31.5 Å². The molecule has 1 unspecified atom stereocenters. The molecule has 0 spiro atoms. The number of urea groups is 1. The molecule has 124 valence electrons. The van der Waals surface area contributed by atoms with Gasteiger partial charge in [-0.05, 0) is 36.6 Å². The van der Waals surface area contributed by atoms with Crippen molar-refractivity contribution in [2.75, 3.05) is 7.11 Å². The van der Waals surface area contributed by atoms with Gasteiger partial charge in [0.15, 0.2) is 0 Å². The number of benzene rings is 1. The molecule has 7 nitrogen and oxygen atoms in total. The highest BCUT2D eigenvalue weighted by Crippen LogP contribution is 2.35. The number of aryl methyl sites for hydroxylation is 1. The van der Waals surface area contributed by atoms with E-state index >= 15 is 0 Å². The number of fused-ring (bicyclic) bond motifs is 1. The van der Waals surface area contributed by atoms with E-state index in [9.17, 15) is 9.59 Å². The van der Waals surface area contributed by atoms with E-state index in [-0.39, 0.29) is 18.0 Å². The number of ether oxygens (including phenoxy) is 1. The van der Waals surface area contributed by atoms with Gasteiger partial charge in [0.05, 0.1) is 18.8 Å². The minimum atomic E-state index is -0.675. The fourth-order valence-corrected chi connectivity index (χ4v) is 3.49. The smallest absolute Gasteiger partial charge is 0.325 e. The van der Waals surface area contributed by atoms with Crippen molar-refractivity contribution in [1.82, 2.24) is 20.0 Å². The Labute approximate surface area is 139 Å². The number of imide groups is 1. The van der Waals surface area contributed by atoms with E-state index < -0.39 is 6.04 Å². The molecule has 0 aliphatic carbocycles. The maximum absolute atomic E-state index is 12.9. The Morgan fingerprint density at radius 3 is 3.00 bits per heavy atom. The summed E-state index contributed by atoms with van der Waals surface area (Å²) in [5, 5.41) is 7.05. The molecule has 1 saturated heterocycles. The van der Waals surface area contributed by atoms with Crippen molar-refractivity contribution in [1.29, 1.82) is 0 Å². The van der Waals surface area contributed by atoms with Crippen molar-refractivity contribution >= 4 is 11.9 Å². The van der Waals surface area contributed by atoms with Crippen LogP contribution in [-0.4, -0.2) is 33.7 Å². The molecule has 1 N–H and O–H groups in total. The Kier molecular flexibility index (Phi) is 3.48. The minimum Gasteiger partial charge on any atom is -0.497 e. The van der Waals surface area contributed by atoms with Gasteiger partial charge in [0.25, 0.3) is 5.91 Å². The fourth-order valence-electron chi connectivity index (χ4n) is 3.49. The fraction of sp³-hybridized carbons (Fsp3) is 0.353. The van der Waals surface area contributed by atoms with Gasteiger partial charge in [-0.3, -0.25) is 14.4 Å². The number of nitrogens with one attached hydrogen (secondary N) is 1. The molecule has 0 radical (unpaired) electrons. The number of carbonyl (C=O) groups is 2. The van der Waals surface area contributed by atoms with Crippen molar-refractivity contribution in [3.63, 3.8) is 0 Å². The zero-order valence-corrected chi connectivity index (χ0v) is 13.3. The maximum atomic E-state index is 12.9. The summed E-state index contributed by atoms with van der Waals surface area (Å²) >= 11 is 0. The van der Waals surface area contributed by atoms with Crippen molar-refractivity contribution in [2.24, 2.45) is 0 Å². The molecular formula is C17H18N4O3. The lowest BCUT2D eigenvalue weighted by molar-refractivity contribution is -0.129. The molecule has 4 rings (SSSR count). The van der Waals surface area contributed by atoms with Crippen LogP contribution in [0.15, 0.2) is 36.5 Å². The molecule has 3 heterocycles. The first-order valence-electron chi connectivity index (χ1n) is 7.98. The molecular weight excluding hydrogens is 308 g/mol. The zero-order chi connectivity index (χ0) is 16.7. The van der Waals surface area contributed by atoms with Gasteiger partial charge in [0, 0.05) is 12.7 Å². The molecule has 1 aromatic heterocycles. The maximum Gasteiger partial charge on any atom is 0.325 e. The van der Waals surface area contributed by atoms with Gasteiger partial charge in [0.2, 0.25) is 0 Å². The monoisotopic (exact) mass is 326 g/mol. The van der Waals surface area contributed by atoms with Crippen LogP contribution in [0, 0.1) is 0 Å². The van der Waals surface area contributed by atoms with E-state index in [2.05, 4.69) is 10.4 Å². The summed E-state index contributed by atoms with van der Waals surface area (Å²) in [4.78, 5) is 26.8. The predicted octanol–water partition coefficient (Wildman–Crippen LogP) is 2.02. The Morgan fingerprint density at radius 2 is 2.17 bits per heavy atom. The van der Waals surface area contributed by atoms with E-state index in [1.165, 1.54) is 4.90 Å². The van der Waals surface area contributed by atoms with Crippen molar-refractivity contribution < 1.29 is 14.3 Å². The molecule has 1 fully saturated rings. The molecule has 2 atom stereocenters. The number of aromatic nitrogens is 2. The highest BCUT2D eigenvalue weighted by Gasteiger charge is 2.44. The van der Waals surface area contributed by atoms with E-state index in [0.29, 0.717) is 5.75 Å². The number of hydrogen-bond acceptors (Lipinski definition) is 4. The van der Waals surface area contributed by atoms with E-state index in [0.717, 1.165) is 30.6 Å². The summed E-state index contributed by atoms with van der Waals surface area (Å²) in [6, 6.07) is 7.80. The topological polar surface area (TPSA) is 76.5 Å². The normalized spacial score (nSPS) is 23.1. The van der Waals surface area contributed by atoms with Gasteiger partial charge in [-0.15, -0.1) is 0 Å². The number of methoxy groups -OCH3 is 1. The summed E-state index contributed by atoms with van der Waals surface area (Å²) in [5.74, 6) is 0.427. The second kappa shape index (κ2) is 5.67. The van der Waals surface area contributed by atoms with Gasteiger partial charge in [-0.2, -0.15) is 5.10 Å². The minimum absolute atomic E-state index is 0.229. The van der Waals surface area contributed by atoms with Crippen LogP contribution < -0.4 is 10.1 Å². The second-order valence-corrected chi connectivity index (χ2v) is 6.00.